The van der Waals surface area contributed by atoms with Gasteiger partial charge >= 0.3 is 5.97 Å². The molecule has 3 rings (SSSR count). The molecule has 31 heavy (non-hydrogen) atoms. The van der Waals surface area contributed by atoms with Gasteiger partial charge in [-0.1, -0.05) is 0 Å². The third-order valence-electron chi connectivity index (χ3n) is 4.14. The molecule has 0 unspecified atom stereocenters. The normalized spacial score (nSPS) is 16.3. The number of carbonyl (C=O) groups is 2. The van der Waals surface area contributed by atoms with E-state index in [1.165, 1.54) is 31.0 Å². The monoisotopic (exact) mass is 666 g/mol. The predicted octanol–water partition coefficient (Wildman–Crippen LogP) is 5.21. The number of aliphatic imine (C=N–C) groups is 1. The second kappa shape index (κ2) is 10.8. The molecule has 0 saturated carbocycles. The zero-order valence-corrected chi connectivity index (χ0v) is 21.7. The highest BCUT2D eigenvalue weighted by Gasteiger charge is 2.32. The van der Waals surface area contributed by atoms with E-state index in [4.69, 9.17) is 4.74 Å². The smallest absolute Gasteiger partial charge is 0.343 e. The number of esters is 1. The second-order valence-corrected chi connectivity index (χ2v) is 9.54. The number of halogens is 3. The summed E-state index contributed by atoms with van der Waals surface area (Å²) in [6.45, 7) is 2.17. The van der Waals surface area contributed by atoms with Crippen molar-refractivity contribution in [2.75, 3.05) is 20.3 Å². The molecule has 1 heterocycles. The summed E-state index contributed by atoms with van der Waals surface area (Å²) in [5.41, 5.74) is 1.40. The van der Waals surface area contributed by atoms with Gasteiger partial charge in [0.15, 0.2) is 11.8 Å². The van der Waals surface area contributed by atoms with Gasteiger partial charge in [-0.3, -0.25) is 9.69 Å². The second-order valence-electron chi connectivity index (χ2n) is 6.21. The fourth-order valence-corrected chi connectivity index (χ4v) is 5.83. The number of nitrogens with zero attached hydrogens (tertiary/aromatic N) is 2. The summed E-state index contributed by atoms with van der Waals surface area (Å²) in [5, 5.41) is 0.549. The Labute approximate surface area is 210 Å². The van der Waals surface area contributed by atoms with Gasteiger partial charge in [-0.05, 0) is 112 Å². The van der Waals surface area contributed by atoms with Gasteiger partial charge in [-0.2, -0.15) is 0 Å². The van der Waals surface area contributed by atoms with E-state index in [1.807, 2.05) is 19.1 Å². The zero-order valence-electron chi connectivity index (χ0n) is 16.5. The predicted molar refractivity (Wildman–Crippen MR) is 136 cm³/mol. The van der Waals surface area contributed by atoms with Crippen LogP contribution >= 0.6 is 56.9 Å². The molecular weight excluding hydrogens is 649 g/mol. The van der Waals surface area contributed by atoms with Gasteiger partial charge in [0.1, 0.15) is 11.6 Å². The largest absolute Gasteiger partial charge is 0.480 e. The number of hydrogen-bond acceptors (Lipinski definition) is 6. The highest BCUT2D eigenvalue weighted by Crippen LogP contribution is 2.36. The molecule has 1 saturated heterocycles. The number of thioether (sulfide) groups is 1. The average molecular weight is 666 g/mol. The van der Waals surface area contributed by atoms with Crippen LogP contribution in [0.3, 0.4) is 0 Å². The quantitative estimate of drug-likeness (QED) is 0.241. The van der Waals surface area contributed by atoms with Crippen LogP contribution in [-0.2, 0) is 14.3 Å². The van der Waals surface area contributed by atoms with Crippen LogP contribution in [-0.4, -0.2) is 42.2 Å². The Morgan fingerprint density at radius 2 is 1.87 bits per heavy atom. The van der Waals surface area contributed by atoms with E-state index in [-0.39, 0.29) is 18.3 Å². The number of amides is 1. The van der Waals surface area contributed by atoms with Crippen molar-refractivity contribution in [3.63, 3.8) is 0 Å². The lowest BCUT2D eigenvalue weighted by atomic mass is 10.2. The highest BCUT2D eigenvalue weighted by atomic mass is 127. The molecular formula is C21H17FI2N2O4S. The summed E-state index contributed by atoms with van der Waals surface area (Å²) in [7, 11) is 1.31. The van der Waals surface area contributed by atoms with Gasteiger partial charge in [0, 0.05) is 6.54 Å². The average Bonchev–Trinajstić information content (AvgIpc) is 3.02. The minimum absolute atomic E-state index is 0.135. The van der Waals surface area contributed by atoms with Crippen LogP contribution < -0.4 is 4.74 Å². The Hall–Kier alpha value is -1.67. The minimum Gasteiger partial charge on any atom is -0.480 e. The van der Waals surface area contributed by atoms with Crippen molar-refractivity contribution in [3.05, 3.63) is 59.8 Å². The van der Waals surface area contributed by atoms with Gasteiger partial charge in [-0.15, -0.1) is 0 Å². The topological polar surface area (TPSA) is 68.2 Å². The van der Waals surface area contributed by atoms with E-state index in [0.29, 0.717) is 28.1 Å². The number of hydrogen-bond donors (Lipinski definition) is 0. The summed E-state index contributed by atoms with van der Waals surface area (Å²) in [6.07, 6.45) is 1.80. The van der Waals surface area contributed by atoms with E-state index in [9.17, 15) is 14.0 Å². The molecule has 162 valence electrons. The molecule has 2 aromatic rings. The molecule has 0 N–H and O–H groups in total. The van der Waals surface area contributed by atoms with Crippen molar-refractivity contribution < 1.29 is 23.5 Å². The van der Waals surface area contributed by atoms with Crippen LogP contribution in [0.1, 0.15) is 12.5 Å². The molecule has 0 spiro atoms. The molecule has 10 heteroatoms. The molecule has 0 bridgehead atoms. The number of methoxy groups -OCH3 is 1. The van der Waals surface area contributed by atoms with Crippen molar-refractivity contribution in [2.45, 2.75) is 6.92 Å². The first-order valence-electron chi connectivity index (χ1n) is 9.06. The van der Waals surface area contributed by atoms with E-state index in [0.717, 1.165) is 12.7 Å². The number of benzene rings is 2. The fourth-order valence-electron chi connectivity index (χ4n) is 2.64. The van der Waals surface area contributed by atoms with Crippen molar-refractivity contribution in [2.24, 2.45) is 4.99 Å². The fraction of sp³-hybridized carbons (Fsp3) is 0.190. The van der Waals surface area contributed by atoms with Crippen molar-refractivity contribution in [1.29, 1.82) is 0 Å². The summed E-state index contributed by atoms with van der Waals surface area (Å²) in [4.78, 5) is 30.8. The Balaban J connectivity index is 1.86. The Kier molecular flexibility index (Phi) is 8.33. The van der Waals surface area contributed by atoms with Gasteiger partial charge in [0.25, 0.3) is 5.91 Å². The zero-order chi connectivity index (χ0) is 22.5. The Morgan fingerprint density at radius 3 is 2.45 bits per heavy atom. The number of likely N-dealkylation sites (N-methyl/N-ethyl adjacent to an activating group) is 1. The highest BCUT2D eigenvalue weighted by molar-refractivity contribution is 14.1. The summed E-state index contributed by atoms with van der Waals surface area (Å²) < 4.78 is 24.9. The van der Waals surface area contributed by atoms with Gasteiger partial charge in [-0.25, -0.2) is 14.2 Å². The Morgan fingerprint density at radius 1 is 1.23 bits per heavy atom. The number of rotatable bonds is 6. The molecule has 6 nitrogen and oxygen atoms in total. The van der Waals surface area contributed by atoms with Crippen molar-refractivity contribution >= 4 is 85.8 Å². The van der Waals surface area contributed by atoms with Crippen LogP contribution in [0.25, 0.3) is 6.08 Å². The van der Waals surface area contributed by atoms with Crippen molar-refractivity contribution in [3.8, 4) is 5.75 Å². The maximum Gasteiger partial charge on any atom is 0.343 e. The number of ether oxygens (including phenoxy) is 2. The van der Waals surface area contributed by atoms with E-state index in [1.54, 1.807) is 23.1 Å². The lowest BCUT2D eigenvalue weighted by molar-refractivity contribution is -0.143. The molecule has 0 atom stereocenters. The molecule has 1 amide bonds. The third-order valence-corrected chi connectivity index (χ3v) is 6.75. The standard InChI is InChI=1S/C21H17FI2N2O4S/c1-3-26-20(28)17(31-21(26)25-14-6-4-13(22)5-7-14)10-12-8-15(23)19(16(24)9-12)30-11-18(27)29-2/h4-10H,3,11H2,1-2H3/b17-10+,25-21?. The van der Waals surface area contributed by atoms with Gasteiger partial charge in [0.2, 0.25) is 0 Å². The number of amidine groups is 1. The van der Waals surface area contributed by atoms with Crippen LogP contribution in [0.15, 0.2) is 46.3 Å². The van der Waals surface area contributed by atoms with Crippen LogP contribution in [0, 0.1) is 13.0 Å². The molecule has 1 aliphatic heterocycles. The Bertz CT molecular complexity index is 1050. The maximum absolute atomic E-state index is 13.1. The lowest BCUT2D eigenvalue weighted by Gasteiger charge is -2.12. The summed E-state index contributed by atoms with van der Waals surface area (Å²) in [5.74, 6) is -0.342. The first-order valence-corrected chi connectivity index (χ1v) is 12.0. The van der Waals surface area contributed by atoms with Crippen LogP contribution in [0.4, 0.5) is 10.1 Å². The first kappa shape index (κ1) is 24.0. The molecule has 0 aromatic heterocycles. The third kappa shape index (κ3) is 5.98. The van der Waals surface area contributed by atoms with Gasteiger partial charge in [0.05, 0.1) is 24.8 Å². The summed E-state index contributed by atoms with van der Waals surface area (Å²) in [6, 6.07) is 9.56. The van der Waals surface area contributed by atoms with E-state index in [2.05, 4.69) is 54.9 Å². The molecule has 1 aliphatic rings. The first-order chi connectivity index (χ1) is 14.8. The van der Waals surface area contributed by atoms with Gasteiger partial charge < -0.3 is 9.47 Å². The molecule has 2 aromatic carbocycles. The van der Waals surface area contributed by atoms with Crippen LogP contribution in [0.5, 0.6) is 5.75 Å². The molecule has 0 radical (unpaired) electrons. The molecule has 0 aliphatic carbocycles. The van der Waals surface area contributed by atoms with Crippen molar-refractivity contribution in [1.82, 2.24) is 4.90 Å². The lowest BCUT2D eigenvalue weighted by Crippen LogP contribution is -2.28. The summed E-state index contributed by atoms with van der Waals surface area (Å²) >= 11 is 5.53. The van der Waals surface area contributed by atoms with Crippen LogP contribution in [0.2, 0.25) is 0 Å². The SMILES string of the molecule is CCN1C(=O)/C(=C\c2cc(I)c(OCC(=O)OC)c(I)c2)SC1=Nc1ccc(F)cc1. The van der Waals surface area contributed by atoms with E-state index >= 15 is 0 Å². The van der Waals surface area contributed by atoms with E-state index < -0.39 is 5.97 Å². The molecule has 1 fully saturated rings. The maximum atomic E-state index is 13.1. The minimum atomic E-state index is -0.460. The number of carbonyl (C=O) groups excluding carboxylic acids is 2.